The lowest BCUT2D eigenvalue weighted by Crippen LogP contribution is -2.44. The average Bonchev–Trinajstić information content (AvgIpc) is 2.39. The van der Waals surface area contributed by atoms with Crippen LogP contribution >= 0.6 is 0 Å². The van der Waals surface area contributed by atoms with Crippen LogP contribution in [-0.4, -0.2) is 37.0 Å². The zero-order valence-corrected chi connectivity index (χ0v) is 13.1. The summed E-state index contributed by atoms with van der Waals surface area (Å²) in [5.74, 6) is 0. The maximum absolute atomic E-state index is 12.1. The Kier molecular flexibility index (Phi) is 6.61. The minimum atomic E-state index is -3.48. The Balaban J connectivity index is 2.62. The fraction of sp³-hybridized carbons (Fsp3) is 0.571. The van der Waals surface area contributed by atoms with E-state index in [1.165, 1.54) is 4.31 Å². The standard InChI is InChI=1S/C14H24N2O3S/c1-4-16(5-2)20(18,19)15-12(3)11-14(17)13-9-7-6-8-10-13/h6-10,12,14-15,17H,4-5,11H2,1-3H3. The third-order valence-electron chi connectivity index (χ3n) is 3.16. The van der Waals surface area contributed by atoms with E-state index in [0.29, 0.717) is 19.5 Å². The molecule has 0 aromatic heterocycles. The molecule has 114 valence electrons. The van der Waals surface area contributed by atoms with E-state index in [2.05, 4.69) is 4.72 Å². The van der Waals surface area contributed by atoms with Crippen LogP contribution in [0.2, 0.25) is 0 Å². The lowest BCUT2D eigenvalue weighted by atomic mass is 10.0. The summed E-state index contributed by atoms with van der Waals surface area (Å²) >= 11 is 0. The smallest absolute Gasteiger partial charge is 0.279 e. The third kappa shape index (κ3) is 4.86. The van der Waals surface area contributed by atoms with E-state index in [4.69, 9.17) is 0 Å². The van der Waals surface area contributed by atoms with Crippen molar-refractivity contribution in [3.05, 3.63) is 35.9 Å². The van der Waals surface area contributed by atoms with Crippen molar-refractivity contribution in [3.8, 4) is 0 Å². The highest BCUT2D eigenvalue weighted by molar-refractivity contribution is 7.87. The fourth-order valence-electron chi connectivity index (χ4n) is 2.09. The summed E-state index contributed by atoms with van der Waals surface area (Å²) in [6, 6.07) is 8.90. The molecule has 2 atom stereocenters. The molecule has 0 spiro atoms. The molecule has 1 rings (SSSR count). The Labute approximate surface area is 121 Å². The monoisotopic (exact) mass is 300 g/mol. The number of aliphatic hydroxyl groups excluding tert-OH is 1. The number of hydrogen-bond donors (Lipinski definition) is 2. The lowest BCUT2D eigenvalue weighted by molar-refractivity contribution is 0.157. The molecule has 0 heterocycles. The Morgan fingerprint density at radius 2 is 1.75 bits per heavy atom. The summed E-state index contributed by atoms with van der Waals surface area (Å²) < 4.78 is 28.1. The van der Waals surface area contributed by atoms with Gasteiger partial charge in [0.25, 0.3) is 10.2 Å². The second kappa shape index (κ2) is 7.73. The topological polar surface area (TPSA) is 69.6 Å². The van der Waals surface area contributed by atoms with Crippen molar-refractivity contribution in [3.63, 3.8) is 0 Å². The summed E-state index contributed by atoms with van der Waals surface area (Å²) in [4.78, 5) is 0. The molecular weight excluding hydrogens is 276 g/mol. The second-order valence-corrected chi connectivity index (χ2v) is 6.47. The second-order valence-electron chi connectivity index (χ2n) is 4.77. The molecular formula is C14H24N2O3S. The highest BCUT2D eigenvalue weighted by Gasteiger charge is 2.22. The molecule has 0 aliphatic carbocycles. The van der Waals surface area contributed by atoms with Gasteiger partial charge in [-0.25, -0.2) is 0 Å². The van der Waals surface area contributed by atoms with Crippen molar-refractivity contribution in [2.24, 2.45) is 0 Å². The molecule has 0 saturated heterocycles. The van der Waals surface area contributed by atoms with Gasteiger partial charge in [0.15, 0.2) is 0 Å². The number of hydrogen-bond acceptors (Lipinski definition) is 3. The van der Waals surface area contributed by atoms with Gasteiger partial charge in [-0.15, -0.1) is 0 Å². The maximum atomic E-state index is 12.1. The molecule has 1 aromatic carbocycles. The van der Waals surface area contributed by atoms with Gasteiger partial charge in [0.05, 0.1) is 6.10 Å². The van der Waals surface area contributed by atoms with Crippen LogP contribution in [0.5, 0.6) is 0 Å². The van der Waals surface area contributed by atoms with Gasteiger partial charge in [0.1, 0.15) is 0 Å². The summed E-state index contributed by atoms with van der Waals surface area (Å²) in [5.41, 5.74) is 0.793. The van der Waals surface area contributed by atoms with Crippen LogP contribution in [0.4, 0.5) is 0 Å². The third-order valence-corrected chi connectivity index (χ3v) is 5.05. The summed E-state index contributed by atoms with van der Waals surface area (Å²) in [7, 11) is -3.48. The normalized spacial score (nSPS) is 15.2. The van der Waals surface area contributed by atoms with E-state index in [0.717, 1.165) is 5.56 Å². The molecule has 6 heteroatoms. The minimum absolute atomic E-state index is 0.337. The average molecular weight is 300 g/mol. The van der Waals surface area contributed by atoms with Crippen LogP contribution < -0.4 is 4.72 Å². The van der Waals surface area contributed by atoms with Crippen molar-refractivity contribution < 1.29 is 13.5 Å². The van der Waals surface area contributed by atoms with Gasteiger partial charge in [-0.2, -0.15) is 17.4 Å². The van der Waals surface area contributed by atoms with Gasteiger partial charge < -0.3 is 5.11 Å². The Morgan fingerprint density at radius 1 is 1.20 bits per heavy atom. The van der Waals surface area contributed by atoms with Crippen LogP contribution in [0.1, 0.15) is 38.9 Å². The quantitative estimate of drug-likeness (QED) is 0.767. The van der Waals surface area contributed by atoms with E-state index < -0.39 is 16.3 Å². The van der Waals surface area contributed by atoms with Gasteiger partial charge in [-0.3, -0.25) is 0 Å². The van der Waals surface area contributed by atoms with Crippen molar-refractivity contribution in [1.29, 1.82) is 0 Å². The van der Waals surface area contributed by atoms with Crippen molar-refractivity contribution >= 4 is 10.2 Å². The molecule has 0 radical (unpaired) electrons. The molecule has 2 unspecified atom stereocenters. The highest BCUT2D eigenvalue weighted by Crippen LogP contribution is 2.18. The van der Waals surface area contributed by atoms with Gasteiger partial charge in [-0.1, -0.05) is 44.2 Å². The maximum Gasteiger partial charge on any atom is 0.279 e. The molecule has 5 nitrogen and oxygen atoms in total. The number of benzene rings is 1. The molecule has 20 heavy (non-hydrogen) atoms. The van der Waals surface area contributed by atoms with Crippen LogP contribution in [0.25, 0.3) is 0 Å². The number of rotatable bonds is 8. The van der Waals surface area contributed by atoms with Crippen LogP contribution in [0.3, 0.4) is 0 Å². The van der Waals surface area contributed by atoms with Crippen molar-refractivity contribution in [2.45, 2.75) is 39.3 Å². The zero-order valence-electron chi connectivity index (χ0n) is 12.3. The number of aliphatic hydroxyl groups is 1. The molecule has 0 fully saturated rings. The first-order chi connectivity index (χ1) is 9.40. The minimum Gasteiger partial charge on any atom is -0.388 e. The van der Waals surface area contributed by atoms with Crippen LogP contribution in [0, 0.1) is 0 Å². The number of nitrogens with one attached hydrogen (secondary N) is 1. The van der Waals surface area contributed by atoms with Gasteiger partial charge in [-0.05, 0) is 18.9 Å². The molecule has 0 aliphatic rings. The Bertz CT molecular complexity index is 486. The SMILES string of the molecule is CCN(CC)S(=O)(=O)NC(C)CC(O)c1ccccc1. The van der Waals surface area contributed by atoms with Crippen molar-refractivity contribution in [2.75, 3.05) is 13.1 Å². The predicted octanol–water partition coefficient (Wildman–Crippen LogP) is 1.67. The van der Waals surface area contributed by atoms with E-state index in [1.807, 2.05) is 30.3 Å². The number of nitrogens with zero attached hydrogens (tertiary/aromatic N) is 1. The first-order valence-electron chi connectivity index (χ1n) is 6.91. The Morgan fingerprint density at radius 3 is 2.25 bits per heavy atom. The van der Waals surface area contributed by atoms with Gasteiger partial charge in [0.2, 0.25) is 0 Å². The molecule has 0 amide bonds. The predicted molar refractivity (Wildman–Crippen MR) is 80.5 cm³/mol. The Hall–Kier alpha value is -0.950. The van der Waals surface area contributed by atoms with E-state index >= 15 is 0 Å². The summed E-state index contributed by atoms with van der Waals surface area (Å²) in [5, 5.41) is 10.1. The molecule has 0 bridgehead atoms. The van der Waals surface area contributed by atoms with Gasteiger partial charge in [0, 0.05) is 19.1 Å². The molecule has 0 saturated carbocycles. The largest absolute Gasteiger partial charge is 0.388 e. The van der Waals surface area contributed by atoms with Crippen LogP contribution in [-0.2, 0) is 10.2 Å². The van der Waals surface area contributed by atoms with Crippen LogP contribution in [0.15, 0.2) is 30.3 Å². The molecule has 0 aliphatic heterocycles. The van der Waals surface area contributed by atoms with Crippen molar-refractivity contribution in [1.82, 2.24) is 9.03 Å². The summed E-state index contributed by atoms with van der Waals surface area (Å²) in [6.07, 6.45) is -0.338. The first kappa shape index (κ1) is 17.1. The fourth-order valence-corrected chi connectivity index (χ4v) is 3.52. The zero-order chi connectivity index (χ0) is 15.2. The van der Waals surface area contributed by atoms with Gasteiger partial charge >= 0.3 is 0 Å². The van der Waals surface area contributed by atoms with E-state index in [9.17, 15) is 13.5 Å². The molecule has 2 N–H and O–H groups in total. The first-order valence-corrected chi connectivity index (χ1v) is 8.35. The summed E-state index contributed by atoms with van der Waals surface area (Å²) in [6.45, 7) is 6.21. The van der Waals surface area contributed by atoms with E-state index in [1.54, 1.807) is 20.8 Å². The lowest BCUT2D eigenvalue weighted by Gasteiger charge is -2.23. The highest BCUT2D eigenvalue weighted by atomic mass is 32.2. The molecule has 1 aromatic rings. The van der Waals surface area contributed by atoms with E-state index in [-0.39, 0.29) is 6.04 Å².